The molecule has 2 aliphatic heterocycles. The van der Waals surface area contributed by atoms with Crippen LogP contribution in [0.1, 0.15) is 38.2 Å². The molecular weight excluding hydrogens is 341 g/mol. The topological polar surface area (TPSA) is 26.8 Å². The summed E-state index contributed by atoms with van der Waals surface area (Å²) in [5, 5.41) is 0. The molecule has 27 heavy (non-hydrogen) atoms. The van der Waals surface area contributed by atoms with E-state index in [-0.39, 0.29) is 18.1 Å². The Kier molecular flexibility index (Phi) is 7.25. The summed E-state index contributed by atoms with van der Waals surface area (Å²) in [6, 6.07) is 7.34. The molecule has 2 aliphatic rings. The van der Waals surface area contributed by atoms with Gasteiger partial charge in [0.1, 0.15) is 5.82 Å². The van der Waals surface area contributed by atoms with Crippen LogP contribution in [0.2, 0.25) is 0 Å². The fraction of sp³-hybridized carbons (Fsp3) is 0.682. The van der Waals surface area contributed by atoms with Gasteiger partial charge in [0, 0.05) is 19.1 Å². The molecule has 0 aliphatic carbocycles. The average molecular weight is 376 g/mol. The molecule has 1 aromatic rings. The lowest BCUT2D eigenvalue weighted by Crippen LogP contribution is -2.48. The number of likely N-dealkylation sites (tertiary alicyclic amines) is 2. The summed E-state index contributed by atoms with van der Waals surface area (Å²) >= 11 is 0. The number of nitrogens with zero attached hydrogens (tertiary/aromatic N) is 3. The molecule has 0 saturated carbocycles. The first-order chi connectivity index (χ1) is 13.1. The SMILES string of the molecule is CCN(CC1CCN(C2CCN(C)CC2)CC1)C(=O)Cc1ccccc1F. The van der Waals surface area contributed by atoms with Crippen molar-refractivity contribution in [3.63, 3.8) is 0 Å². The number of likely N-dealkylation sites (N-methyl/N-ethyl adjacent to an activating group) is 1. The standard InChI is InChI=1S/C22H34FN3O/c1-3-25(22(27)16-19-6-4-5-7-21(19)23)17-18-8-14-26(15-9-18)20-10-12-24(2)13-11-20/h4-7,18,20H,3,8-17H2,1-2H3. The number of carbonyl (C=O) groups excluding carboxylic acids is 1. The molecule has 3 rings (SSSR count). The number of piperidine rings is 2. The maximum Gasteiger partial charge on any atom is 0.227 e. The zero-order chi connectivity index (χ0) is 19.2. The number of hydrogen-bond donors (Lipinski definition) is 0. The van der Waals surface area contributed by atoms with Crippen LogP contribution in [-0.4, -0.2) is 73.0 Å². The van der Waals surface area contributed by atoms with E-state index in [0.29, 0.717) is 18.0 Å². The molecule has 1 amide bonds. The second-order valence-electron chi connectivity index (χ2n) is 8.21. The first-order valence-corrected chi connectivity index (χ1v) is 10.5. The van der Waals surface area contributed by atoms with E-state index in [4.69, 9.17) is 0 Å². The van der Waals surface area contributed by atoms with Crippen LogP contribution in [0.15, 0.2) is 24.3 Å². The average Bonchev–Trinajstić information content (AvgIpc) is 2.69. The highest BCUT2D eigenvalue weighted by Gasteiger charge is 2.28. The minimum absolute atomic E-state index is 0.0420. The van der Waals surface area contributed by atoms with Crippen LogP contribution in [0.25, 0.3) is 0 Å². The summed E-state index contributed by atoms with van der Waals surface area (Å²) in [4.78, 5) is 19.7. The summed E-state index contributed by atoms with van der Waals surface area (Å²) in [6.07, 6.45) is 5.05. The third-order valence-corrected chi connectivity index (χ3v) is 6.37. The second kappa shape index (κ2) is 9.65. The molecule has 150 valence electrons. The Morgan fingerprint density at radius 2 is 1.78 bits per heavy atom. The van der Waals surface area contributed by atoms with Gasteiger partial charge in [-0.1, -0.05) is 18.2 Å². The lowest BCUT2D eigenvalue weighted by atomic mass is 9.93. The fourth-order valence-electron chi connectivity index (χ4n) is 4.50. The van der Waals surface area contributed by atoms with E-state index in [2.05, 4.69) is 16.8 Å². The molecule has 0 bridgehead atoms. The van der Waals surface area contributed by atoms with Crippen molar-refractivity contribution < 1.29 is 9.18 Å². The molecule has 0 N–H and O–H groups in total. The minimum atomic E-state index is -0.284. The quantitative estimate of drug-likeness (QED) is 0.765. The Hall–Kier alpha value is -1.46. The molecule has 4 nitrogen and oxygen atoms in total. The van der Waals surface area contributed by atoms with Crippen LogP contribution < -0.4 is 0 Å². The number of hydrogen-bond acceptors (Lipinski definition) is 3. The van der Waals surface area contributed by atoms with Gasteiger partial charge in [0.15, 0.2) is 0 Å². The maximum absolute atomic E-state index is 13.8. The van der Waals surface area contributed by atoms with Crippen molar-refractivity contribution in [3.05, 3.63) is 35.6 Å². The molecule has 5 heteroatoms. The summed E-state index contributed by atoms with van der Waals surface area (Å²) < 4.78 is 13.8. The molecule has 0 radical (unpaired) electrons. The van der Waals surface area contributed by atoms with Crippen molar-refractivity contribution in [2.45, 2.75) is 45.1 Å². The largest absolute Gasteiger partial charge is 0.342 e. The summed E-state index contributed by atoms with van der Waals surface area (Å²) in [5.74, 6) is 0.325. The smallest absolute Gasteiger partial charge is 0.227 e. The van der Waals surface area contributed by atoms with Crippen LogP contribution in [0, 0.1) is 11.7 Å². The van der Waals surface area contributed by atoms with Gasteiger partial charge >= 0.3 is 0 Å². The summed E-state index contributed by atoms with van der Waals surface area (Å²) in [6.45, 7) is 8.24. The van der Waals surface area contributed by atoms with E-state index in [1.807, 2.05) is 11.8 Å². The predicted octanol–water partition coefficient (Wildman–Crippen LogP) is 3.02. The van der Waals surface area contributed by atoms with E-state index in [1.165, 1.54) is 32.0 Å². The number of carbonyl (C=O) groups is 1. The predicted molar refractivity (Wildman–Crippen MR) is 107 cm³/mol. The van der Waals surface area contributed by atoms with Gasteiger partial charge in [-0.25, -0.2) is 4.39 Å². The van der Waals surface area contributed by atoms with Gasteiger partial charge in [0.2, 0.25) is 5.91 Å². The van der Waals surface area contributed by atoms with Gasteiger partial charge in [-0.05, 0) is 83.4 Å². The van der Waals surface area contributed by atoms with E-state index in [0.717, 1.165) is 38.5 Å². The van der Waals surface area contributed by atoms with Crippen LogP contribution in [0.5, 0.6) is 0 Å². The minimum Gasteiger partial charge on any atom is -0.342 e. The zero-order valence-electron chi connectivity index (χ0n) is 16.9. The van der Waals surface area contributed by atoms with Crippen molar-refractivity contribution in [3.8, 4) is 0 Å². The van der Waals surface area contributed by atoms with Crippen LogP contribution >= 0.6 is 0 Å². The molecule has 2 saturated heterocycles. The highest BCUT2D eigenvalue weighted by Crippen LogP contribution is 2.24. The van der Waals surface area contributed by atoms with E-state index >= 15 is 0 Å². The molecule has 2 fully saturated rings. The highest BCUT2D eigenvalue weighted by atomic mass is 19.1. The van der Waals surface area contributed by atoms with E-state index in [9.17, 15) is 9.18 Å². The van der Waals surface area contributed by atoms with Crippen molar-refractivity contribution in [2.24, 2.45) is 5.92 Å². The Labute approximate surface area is 163 Å². The Balaban J connectivity index is 1.46. The van der Waals surface area contributed by atoms with Crippen LogP contribution in [-0.2, 0) is 11.2 Å². The summed E-state index contributed by atoms with van der Waals surface area (Å²) in [7, 11) is 2.21. The monoisotopic (exact) mass is 375 g/mol. The third kappa shape index (κ3) is 5.52. The number of rotatable bonds is 6. The Bertz CT molecular complexity index is 607. The van der Waals surface area contributed by atoms with E-state index < -0.39 is 0 Å². The second-order valence-corrected chi connectivity index (χ2v) is 8.21. The lowest BCUT2D eigenvalue weighted by molar-refractivity contribution is -0.131. The molecule has 0 unspecified atom stereocenters. The van der Waals surface area contributed by atoms with Gasteiger partial charge < -0.3 is 14.7 Å². The first kappa shape index (κ1) is 20.3. The third-order valence-electron chi connectivity index (χ3n) is 6.37. The van der Waals surface area contributed by atoms with E-state index in [1.54, 1.807) is 18.2 Å². The molecule has 2 heterocycles. The molecule has 0 atom stereocenters. The van der Waals surface area contributed by atoms with Gasteiger partial charge in [-0.2, -0.15) is 0 Å². The molecule has 0 aromatic heterocycles. The van der Waals surface area contributed by atoms with Crippen molar-refractivity contribution in [1.29, 1.82) is 0 Å². The number of benzene rings is 1. The van der Waals surface area contributed by atoms with Crippen molar-refractivity contribution in [1.82, 2.24) is 14.7 Å². The van der Waals surface area contributed by atoms with Crippen molar-refractivity contribution in [2.75, 3.05) is 46.3 Å². The Morgan fingerprint density at radius 1 is 1.11 bits per heavy atom. The lowest BCUT2D eigenvalue weighted by Gasteiger charge is -2.41. The van der Waals surface area contributed by atoms with Crippen LogP contribution in [0.4, 0.5) is 4.39 Å². The molecule has 0 spiro atoms. The summed E-state index contributed by atoms with van der Waals surface area (Å²) in [5.41, 5.74) is 0.498. The normalized spacial score (nSPS) is 20.7. The highest BCUT2D eigenvalue weighted by molar-refractivity contribution is 5.78. The van der Waals surface area contributed by atoms with Crippen LogP contribution in [0.3, 0.4) is 0 Å². The van der Waals surface area contributed by atoms with Gasteiger partial charge in [0.05, 0.1) is 6.42 Å². The maximum atomic E-state index is 13.8. The van der Waals surface area contributed by atoms with Gasteiger partial charge in [-0.3, -0.25) is 4.79 Å². The number of halogens is 1. The fourth-order valence-corrected chi connectivity index (χ4v) is 4.50. The number of amides is 1. The van der Waals surface area contributed by atoms with Gasteiger partial charge in [-0.15, -0.1) is 0 Å². The molecular formula is C22H34FN3O. The zero-order valence-corrected chi connectivity index (χ0v) is 16.9. The van der Waals surface area contributed by atoms with Gasteiger partial charge in [0.25, 0.3) is 0 Å². The molecule has 1 aromatic carbocycles. The van der Waals surface area contributed by atoms with Crippen molar-refractivity contribution >= 4 is 5.91 Å². The first-order valence-electron chi connectivity index (χ1n) is 10.5. The Morgan fingerprint density at radius 3 is 2.41 bits per heavy atom.